The third-order valence-electron chi connectivity index (χ3n) is 5.98. The summed E-state index contributed by atoms with van der Waals surface area (Å²) in [4.78, 5) is 25.7. The lowest BCUT2D eigenvalue weighted by Crippen LogP contribution is -3.07. The molecular formula is C22H28N3OS2+. The van der Waals surface area contributed by atoms with Crippen LogP contribution in [0.25, 0.3) is 10.2 Å². The molecule has 0 spiro atoms. The zero-order valence-electron chi connectivity index (χ0n) is 17.0. The summed E-state index contributed by atoms with van der Waals surface area (Å²) in [6.45, 7) is 5.34. The highest BCUT2D eigenvalue weighted by molar-refractivity contribution is 7.98. The molecule has 0 saturated heterocycles. The molecule has 1 aliphatic rings. The van der Waals surface area contributed by atoms with Gasteiger partial charge in [-0.1, -0.05) is 19.1 Å². The number of rotatable bonds is 5. The Morgan fingerprint density at radius 1 is 1.36 bits per heavy atom. The van der Waals surface area contributed by atoms with Crippen LogP contribution in [0.1, 0.15) is 48.1 Å². The summed E-state index contributed by atoms with van der Waals surface area (Å²) in [5.74, 6) is 1.49. The summed E-state index contributed by atoms with van der Waals surface area (Å²) in [6.07, 6.45) is 5.35. The highest BCUT2D eigenvalue weighted by Crippen LogP contribution is 2.35. The Hall–Kier alpha value is -1.63. The predicted octanol–water partition coefficient (Wildman–Crippen LogP) is 3.61. The fourth-order valence-corrected chi connectivity index (χ4v) is 5.82. The van der Waals surface area contributed by atoms with E-state index in [2.05, 4.69) is 56.4 Å². The van der Waals surface area contributed by atoms with Crippen molar-refractivity contribution >= 4 is 33.3 Å². The summed E-state index contributed by atoms with van der Waals surface area (Å²) in [5.41, 5.74) is 2.59. The molecule has 0 radical (unpaired) electrons. The Bertz CT molecular complexity index is 1040. The lowest BCUT2D eigenvalue weighted by Gasteiger charge is -2.21. The van der Waals surface area contributed by atoms with Gasteiger partial charge in [-0.3, -0.25) is 4.79 Å². The standard InChI is InChI=1S/C22H27N3OS2/c1-13-5-10-17-18(11-13)28-22-19(17)21(26)23-20(24-22)14(2)25(3)12-15-6-8-16(27-4)9-7-15/h6-9,13-14H,5,10-12H2,1-4H3,(H,23,24,26)/p+1/t13-,14+/m1/s1. The molecule has 2 aromatic heterocycles. The van der Waals surface area contributed by atoms with Crippen LogP contribution < -0.4 is 10.5 Å². The van der Waals surface area contributed by atoms with E-state index in [-0.39, 0.29) is 11.6 Å². The summed E-state index contributed by atoms with van der Waals surface area (Å²) in [5, 5.41) is 0.841. The molecule has 6 heteroatoms. The van der Waals surface area contributed by atoms with Gasteiger partial charge < -0.3 is 9.88 Å². The molecule has 0 saturated carbocycles. The van der Waals surface area contributed by atoms with E-state index in [0.29, 0.717) is 5.92 Å². The molecule has 2 N–H and O–H groups in total. The van der Waals surface area contributed by atoms with Gasteiger partial charge in [-0.2, -0.15) is 0 Å². The molecule has 0 bridgehead atoms. The number of quaternary nitrogens is 1. The lowest BCUT2D eigenvalue weighted by molar-refractivity contribution is -0.924. The molecule has 0 aliphatic heterocycles. The first-order valence-electron chi connectivity index (χ1n) is 9.96. The van der Waals surface area contributed by atoms with Crippen molar-refractivity contribution in [2.45, 2.75) is 50.6 Å². The van der Waals surface area contributed by atoms with Crippen LogP contribution in [0.2, 0.25) is 0 Å². The maximum Gasteiger partial charge on any atom is 0.260 e. The number of aromatic nitrogens is 2. The first-order chi connectivity index (χ1) is 13.5. The number of fused-ring (bicyclic) bond motifs is 3. The average molecular weight is 415 g/mol. The van der Waals surface area contributed by atoms with Gasteiger partial charge in [-0.05, 0) is 56.1 Å². The van der Waals surface area contributed by atoms with Gasteiger partial charge in [0.2, 0.25) is 0 Å². The van der Waals surface area contributed by atoms with Crippen LogP contribution in [0.5, 0.6) is 0 Å². The summed E-state index contributed by atoms with van der Waals surface area (Å²) in [7, 11) is 2.17. The Balaban J connectivity index is 1.59. The highest BCUT2D eigenvalue weighted by Gasteiger charge is 2.25. The second-order valence-electron chi connectivity index (χ2n) is 8.08. The smallest absolute Gasteiger partial charge is 0.260 e. The molecule has 1 aromatic carbocycles. The van der Waals surface area contributed by atoms with E-state index in [1.165, 1.54) is 32.2 Å². The summed E-state index contributed by atoms with van der Waals surface area (Å²) >= 11 is 3.48. The first kappa shape index (κ1) is 19.7. The monoisotopic (exact) mass is 414 g/mol. The van der Waals surface area contributed by atoms with Crippen molar-refractivity contribution < 1.29 is 4.90 Å². The van der Waals surface area contributed by atoms with Crippen LogP contribution >= 0.6 is 23.1 Å². The van der Waals surface area contributed by atoms with Gasteiger partial charge in [0, 0.05) is 15.3 Å². The van der Waals surface area contributed by atoms with Gasteiger partial charge in [-0.15, -0.1) is 23.1 Å². The number of thiophene rings is 1. The number of aryl methyl sites for hydroxylation is 1. The van der Waals surface area contributed by atoms with Gasteiger partial charge in [0.15, 0.2) is 5.82 Å². The van der Waals surface area contributed by atoms with Crippen molar-refractivity contribution in [2.75, 3.05) is 13.3 Å². The largest absolute Gasteiger partial charge is 0.325 e. The van der Waals surface area contributed by atoms with Crippen molar-refractivity contribution in [1.82, 2.24) is 9.97 Å². The maximum atomic E-state index is 12.9. The molecular weight excluding hydrogens is 386 g/mol. The Morgan fingerprint density at radius 3 is 2.82 bits per heavy atom. The molecule has 2 heterocycles. The fraction of sp³-hybridized carbons (Fsp3) is 0.455. The zero-order valence-corrected chi connectivity index (χ0v) is 18.6. The van der Waals surface area contributed by atoms with E-state index in [1.807, 2.05) is 0 Å². The Kier molecular flexibility index (Phi) is 5.63. The Labute approximate surface area is 174 Å². The molecule has 4 rings (SSSR count). The Morgan fingerprint density at radius 2 is 2.11 bits per heavy atom. The number of nitrogens with zero attached hydrogens (tertiary/aromatic N) is 1. The van der Waals surface area contributed by atoms with Crippen LogP contribution in [0, 0.1) is 5.92 Å². The van der Waals surface area contributed by atoms with Crippen LogP contribution in [0.15, 0.2) is 34.0 Å². The number of hydrogen-bond acceptors (Lipinski definition) is 4. The number of thioether (sulfide) groups is 1. The third kappa shape index (κ3) is 3.78. The third-order valence-corrected chi connectivity index (χ3v) is 7.87. The molecule has 3 aromatic rings. The van der Waals surface area contributed by atoms with E-state index in [4.69, 9.17) is 4.98 Å². The minimum absolute atomic E-state index is 0.0380. The predicted molar refractivity (Wildman–Crippen MR) is 119 cm³/mol. The van der Waals surface area contributed by atoms with E-state index < -0.39 is 0 Å². The topological polar surface area (TPSA) is 50.2 Å². The van der Waals surface area contributed by atoms with Gasteiger partial charge in [0.05, 0.1) is 12.4 Å². The van der Waals surface area contributed by atoms with Crippen LogP contribution in [-0.4, -0.2) is 23.3 Å². The van der Waals surface area contributed by atoms with Crippen LogP contribution in [0.4, 0.5) is 0 Å². The molecule has 3 atom stereocenters. The normalized spacial score (nSPS) is 18.8. The number of hydrogen-bond donors (Lipinski definition) is 2. The molecule has 4 nitrogen and oxygen atoms in total. The second-order valence-corrected chi connectivity index (χ2v) is 10.0. The summed E-state index contributed by atoms with van der Waals surface area (Å²) in [6, 6.07) is 8.84. The van der Waals surface area contributed by atoms with Gasteiger partial charge in [0.1, 0.15) is 17.4 Å². The molecule has 0 amide bonds. The second kappa shape index (κ2) is 8.01. The van der Waals surface area contributed by atoms with Crippen molar-refractivity contribution in [3.05, 3.63) is 56.4 Å². The molecule has 0 fully saturated rings. The first-order valence-corrected chi connectivity index (χ1v) is 12.0. The number of aromatic amines is 1. The molecule has 1 aliphatic carbocycles. The van der Waals surface area contributed by atoms with E-state index >= 15 is 0 Å². The minimum Gasteiger partial charge on any atom is -0.325 e. The van der Waals surface area contributed by atoms with Gasteiger partial charge >= 0.3 is 0 Å². The zero-order chi connectivity index (χ0) is 19.8. The molecule has 1 unspecified atom stereocenters. The highest BCUT2D eigenvalue weighted by atomic mass is 32.2. The minimum atomic E-state index is 0.0380. The lowest BCUT2D eigenvalue weighted by atomic mass is 9.89. The molecule has 28 heavy (non-hydrogen) atoms. The van der Waals surface area contributed by atoms with Gasteiger partial charge in [0.25, 0.3) is 5.56 Å². The van der Waals surface area contributed by atoms with E-state index in [9.17, 15) is 4.79 Å². The fourth-order valence-electron chi connectivity index (χ4n) is 4.02. The van der Waals surface area contributed by atoms with Crippen molar-refractivity contribution in [3.63, 3.8) is 0 Å². The van der Waals surface area contributed by atoms with Crippen LogP contribution in [-0.2, 0) is 19.4 Å². The van der Waals surface area contributed by atoms with Crippen LogP contribution in [0.3, 0.4) is 0 Å². The molecule has 148 valence electrons. The summed E-state index contributed by atoms with van der Waals surface area (Å²) < 4.78 is 0. The number of nitrogens with one attached hydrogen (secondary N) is 2. The number of H-pyrrole nitrogens is 1. The quantitative estimate of drug-likeness (QED) is 0.627. The van der Waals surface area contributed by atoms with Crippen molar-refractivity contribution in [3.8, 4) is 0 Å². The number of benzene rings is 1. The van der Waals surface area contributed by atoms with Crippen molar-refractivity contribution in [1.29, 1.82) is 0 Å². The van der Waals surface area contributed by atoms with Gasteiger partial charge in [-0.25, -0.2) is 4.98 Å². The van der Waals surface area contributed by atoms with E-state index in [1.54, 1.807) is 23.1 Å². The van der Waals surface area contributed by atoms with Crippen molar-refractivity contribution in [2.24, 2.45) is 5.92 Å². The SMILES string of the molecule is CSc1ccc(C[NH+](C)[C@@H](C)c2nc3sc4c(c3c(=O)[nH]2)CC[C@@H](C)C4)cc1. The van der Waals surface area contributed by atoms with E-state index in [0.717, 1.165) is 35.4 Å². The maximum absolute atomic E-state index is 12.9. The average Bonchev–Trinajstić information content (AvgIpc) is 3.05.